The van der Waals surface area contributed by atoms with Crippen molar-refractivity contribution < 1.29 is 32.9 Å². The summed E-state index contributed by atoms with van der Waals surface area (Å²) in [6.45, 7) is 12.6. The highest BCUT2D eigenvalue weighted by molar-refractivity contribution is 5.99. The van der Waals surface area contributed by atoms with Gasteiger partial charge in [0.15, 0.2) is 11.6 Å². The molecule has 0 unspecified atom stereocenters. The second-order valence-electron chi connectivity index (χ2n) is 12.4. The van der Waals surface area contributed by atoms with Gasteiger partial charge in [0, 0.05) is 74.6 Å². The molecule has 3 heterocycles. The first-order valence-electron chi connectivity index (χ1n) is 15.8. The Morgan fingerprint density at radius 1 is 0.958 bits per heavy atom. The van der Waals surface area contributed by atoms with E-state index in [-0.39, 0.29) is 29.4 Å². The van der Waals surface area contributed by atoms with Gasteiger partial charge in [0.05, 0.1) is 43.3 Å². The van der Waals surface area contributed by atoms with Crippen LogP contribution >= 0.6 is 0 Å². The summed E-state index contributed by atoms with van der Waals surface area (Å²) < 4.78 is 39.4. The first-order valence-corrected chi connectivity index (χ1v) is 15.8. The highest BCUT2D eigenvalue weighted by Gasteiger charge is 2.22. The number of pyridine rings is 1. The quantitative estimate of drug-likeness (QED) is 0.165. The van der Waals surface area contributed by atoms with E-state index in [4.69, 9.17) is 24.0 Å². The number of morpholine rings is 1. The zero-order chi connectivity index (χ0) is 34.3. The van der Waals surface area contributed by atoms with E-state index in [1.165, 1.54) is 25.3 Å². The molecule has 0 spiro atoms. The zero-order valence-electron chi connectivity index (χ0n) is 27.9. The van der Waals surface area contributed by atoms with Crippen LogP contribution in [0.2, 0.25) is 0 Å². The van der Waals surface area contributed by atoms with Crippen molar-refractivity contribution in [2.45, 2.75) is 39.7 Å². The van der Waals surface area contributed by atoms with Gasteiger partial charge in [-0.15, -0.1) is 0 Å². The number of methoxy groups -OCH3 is 1. The number of hydrogen-bond donors (Lipinski definition) is 3. The van der Waals surface area contributed by atoms with Crippen molar-refractivity contribution in [2.75, 3.05) is 69.1 Å². The van der Waals surface area contributed by atoms with Crippen LogP contribution in [0.25, 0.3) is 10.9 Å². The van der Waals surface area contributed by atoms with Crippen molar-refractivity contribution in [3.8, 4) is 17.2 Å². The predicted molar refractivity (Wildman–Crippen MR) is 181 cm³/mol. The minimum absolute atomic E-state index is 0.0639. The van der Waals surface area contributed by atoms with E-state index in [1.807, 2.05) is 6.07 Å². The Balaban J connectivity index is 1.29. The third kappa shape index (κ3) is 8.97. The molecular formula is C34H42FN7O6. The zero-order valence-corrected chi connectivity index (χ0v) is 27.9. The minimum Gasteiger partial charge on any atom is -0.489 e. The van der Waals surface area contributed by atoms with Crippen LogP contribution in [-0.2, 0) is 26.2 Å². The molecule has 0 atom stereocenters. The third-order valence-electron chi connectivity index (χ3n) is 7.59. The van der Waals surface area contributed by atoms with Gasteiger partial charge in [-0.25, -0.2) is 13.9 Å². The molecule has 48 heavy (non-hydrogen) atoms. The first-order chi connectivity index (χ1) is 23.0. The van der Waals surface area contributed by atoms with Crippen LogP contribution in [0, 0.1) is 5.82 Å². The topological polar surface area (TPSA) is 141 Å². The van der Waals surface area contributed by atoms with Crippen molar-refractivity contribution in [1.82, 2.24) is 19.7 Å². The summed E-state index contributed by atoms with van der Waals surface area (Å²) in [5.74, 6) is 0.224. The number of rotatable bonds is 12. The molecule has 1 saturated heterocycles. The number of carbonyl (C=O) groups is 2. The van der Waals surface area contributed by atoms with Gasteiger partial charge in [0.2, 0.25) is 5.91 Å². The summed E-state index contributed by atoms with van der Waals surface area (Å²) in [6.07, 6.45) is 1.53. The van der Waals surface area contributed by atoms with E-state index >= 15 is 4.39 Å². The van der Waals surface area contributed by atoms with Gasteiger partial charge in [-0.05, 0) is 24.3 Å². The Morgan fingerprint density at radius 3 is 2.46 bits per heavy atom. The minimum atomic E-state index is -0.690. The molecule has 13 nitrogen and oxygen atoms in total. The normalized spacial score (nSPS) is 13.7. The Bertz CT molecular complexity index is 1750. The maximum Gasteiger partial charge on any atom is 0.324 e. The molecule has 1 aliphatic rings. The molecule has 2 aromatic carbocycles. The number of ether oxygens (including phenoxy) is 4. The molecule has 1 aliphatic heterocycles. The molecule has 3 amide bonds. The lowest BCUT2D eigenvalue weighted by Gasteiger charge is -2.26. The van der Waals surface area contributed by atoms with E-state index < -0.39 is 11.8 Å². The van der Waals surface area contributed by atoms with Gasteiger partial charge < -0.3 is 29.6 Å². The summed E-state index contributed by atoms with van der Waals surface area (Å²) in [7, 11) is 1.56. The lowest BCUT2D eigenvalue weighted by atomic mass is 9.92. The number of carbonyl (C=O) groups excluding carboxylic acids is 2. The van der Waals surface area contributed by atoms with Gasteiger partial charge in [-0.3, -0.25) is 20.0 Å². The third-order valence-corrected chi connectivity index (χ3v) is 7.59. The number of anilines is 3. The van der Waals surface area contributed by atoms with Crippen LogP contribution in [0.4, 0.5) is 26.4 Å². The van der Waals surface area contributed by atoms with Crippen LogP contribution in [0.3, 0.4) is 0 Å². The number of halogens is 1. The summed E-state index contributed by atoms with van der Waals surface area (Å²) in [4.78, 5) is 31.6. The summed E-state index contributed by atoms with van der Waals surface area (Å²) in [6, 6.07) is 10.4. The van der Waals surface area contributed by atoms with Crippen LogP contribution in [0.5, 0.6) is 17.2 Å². The fourth-order valence-electron chi connectivity index (χ4n) is 5.05. The smallest absolute Gasteiger partial charge is 0.324 e. The average Bonchev–Trinajstić information content (AvgIpc) is 3.45. The molecule has 256 valence electrons. The van der Waals surface area contributed by atoms with Crippen LogP contribution < -0.4 is 25.4 Å². The van der Waals surface area contributed by atoms with Crippen molar-refractivity contribution in [3.05, 3.63) is 60.2 Å². The highest BCUT2D eigenvalue weighted by Crippen LogP contribution is 2.37. The maximum absolute atomic E-state index is 15.3. The fourth-order valence-corrected chi connectivity index (χ4v) is 5.05. The van der Waals surface area contributed by atoms with Crippen molar-refractivity contribution in [1.29, 1.82) is 0 Å². The maximum atomic E-state index is 15.3. The molecule has 0 bridgehead atoms. The van der Waals surface area contributed by atoms with E-state index in [1.54, 1.807) is 36.1 Å². The van der Waals surface area contributed by atoms with E-state index in [9.17, 15) is 9.59 Å². The monoisotopic (exact) mass is 663 g/mol. The highest BCUT2D eigenvalue weighted by atomic mass is 19.1. The standard InChI is InChI=1S/C34H42FN7O6/c1-22(43)37-27-19-24-26(20-30(27)47-17-16-45-5)36-9-8-28(24)48-29-7-6-23(18-25(29)35)38-33(44)39-32-21-31(34(2,3)4)40-42(32)11-10-41-12-14-46-15-13-41/h6-9,18-21H,10-17H2,1-5H3,(H,37,43)(H2,38,39,44). The van der Waals surface area contributed by atoms with Crippen LogP contribution in [-0.4, -0.2) is 84.8 Å². The number of amides is 3. The van der Waals surface area contributed by atoms with E-state index in [2.05, 4.69) is 46.6 Å². The van der Waals surface area contributed by atoms with E-state index in [0.29, 0.717) is 60.3 Å². The number of nitrogens with one attached hydrogen (secondary N) is 3. The molecular weight excluding hydrogens is 621 g/mol. The van der Waals surface area contributed by atoms with Gasteiger partial charge in [0.25, 0.3) is 0 Å². The SMILES string of the molecule is COCCOc1cc2nccc(Oc3ccc(NC(=O)Nc4cc(C(C)(C)C)nn4CCN4CCOCC4)cc3F)c2cc1NC(C)=O. The molecule has 4 aromatic rings. The number of aromatic nitrogens is 3. The molecule has 0 saturated carbocycles. The number of hydrogen-bond acceptors (Lipinski definition) is 9. The Hall–Kier alpha value is -4.79. The van der Waals surface area contributed by atoms with Crippen LogP contribution in [0.15, 0.2) is 48.7 Å². The Morgan fingerprint density at radius 2 is 1.75 bits per heavy atom. The molecule has 5 rings (SSSR count). The predicted octanol–water partition coefficient (Wildman–Crippen LogP) is 5.62. The van der Waals surface area contributed by atoms with Crippen molar-refractivity contribution >= 4 is 40.0 Å². The number of urea groups is 1. The first kappa shape index (κ1) is 34.5. The van der Waals surface area contributed by atoms with E-state index in [0.717, 1.165) is 25.3 Å². The van der Waals surface area contributed by atoms with Gasteiger partial charge in [-0.2, -0.15) is 5.10 Å². The largest absolute Gasteiger partial charge is 0.489 e. The molecule has 1 fully saturated rings. The second-order valence-corrected chi connectivity index (χ2v) is 12.4. The summed E-state index contributed by atoms with van der Waals surface area (Å²) in [5, 5.41) is 13.6. The molecule has 3 N–H and O–H groups in total. The second kappa shape index (κ2) is 15.4. The number of benzene rings is 2. The number of nitrogens with zero attached hydrogens (tertiary/aromatic N) is 4. The van der Waals surface area contributed by atoms with Crippen LogP contribution in [0.1, 0.15) is 33.4 Å². The summed E-state index contributed by atoms with van der Waals surface area (Å²) in [5.41, 5.74) is 1.78. The number of fused-ring (bicyclic) bond motifs is 1. The Kier molecular flexibility index (Phi) is 11.1. The van der Waals surface area contributed by atoms with Gasteiger partial charge >= 0.3 is 6.03 Å². The molecule has 2 aromatic heterocycles. The van der Waals surface area contributed by atoms with Gasteiger partial charge in [0.1, 0.15) is 23.9 Å². The fraction of sp³-hybridized carbons (Fsp3) is 0.412. The lowest BCUT2D eigenvalue weighted by molar-refractivity contribution is -0.114. The molecule has 14 heteroatoms. The Labute approximate surface area is 278 Å². The molecule has 0 aliphatic carbocycles. The average molecular weight is 664 g/mol. The van der Waals surface area contributed by atoms with Crippen molar-refractivity contribution in [3.63, 3.8) is 0 Å². The van der Waals surface area contributed by atoms with Gasteiger partial charge in [-0.1, -0.05) is 20.8 Å². The lowest BCUT2D eigenvalue weighted by Crippen LogP contribution is -2.38. The molecule has 0 radical (unpaired) electrons. The summed E-state index contributed by atoms with van der Waals surface area (Å²) >= 11 is 0. The van der Waals surface area contributed by atoms with Crippen molar-refractivity contribution in [2.24, 2.45) is 0 Å².